The summed E-state index contributed by atoms with van der Waals surface area (Å²) in [6.45, 7) is 5.65. The number of sulfone groups is 1. The molecule has 2 heterocycles. The van der Waals surface area contributed by atoms with Gasteiger partial charge in [-0.2, -0.15) is 0 Å². The second-order valence-electron chi connectivity index (χ2n) is 8.62. The molecule has 4 rings (SSSR count). The summed E-state index contributed by atoms with van der Waals surface area (Å²) < 4.78 is 28.6. The van der Waals surface area contributed by atoms with E-state index in [1.807, 2.05) is 61.2 Å². The molecule has 31 heavy (non-hydrogen) atoms. The first-order valence-electron chi connectivity index (χ1n) is 11.0. The van der Waals surface area contributed by atoms with Crippen molar-refractivity contribution in [1.29, 1.82) is 0 Å². The van der Waals surface area contributed by atoms with Gasteiger partial charge in [0.25, 0.3) is 0 Å². The second kappa shape index (κ2) is 8.87. The van der Waals surface area contributed by atoms with Gasteiger partial charge in [-0.3, -0.25) is 4.79 Å². The molecule has 1 saturated heterocycles. The number of carbonyl (C=O) groups excluding carboxylic acids is 1. The van der Waals surface area contributed by atoms with Crippen molar-refractivity contribution < 1.29 is 13.2 Å². The van der Waals surface area contributed by atoms with E-state index in [0.717, 1.165) is 61.0 Å². The zero-order valence-electron chi connectivity index (χ0n) is 18.3. The molecular weight excluding hydrogens is 408 g/mol. The van der Waals surface area contributed by atoms with E-state index < -0.39 is 9.84 Å². The number of nitrogens with zero attached hydrogens (tertiary/aromatic N) is 2. The Balaban J connectivity index is 1.67. The fraction of sp³-hybridized carbons (Fsp3) is 0.400. The topological polar surface area (TPSA) is 59.4 Å². The van der Waals surface area contributed by atoms with Crippen molar-refractivity contribution in [2.24, 2.45) is 0 Å². The van der Waals surface area contributed by atoms with Crippen LogP contribution in [0.4, 0.5) is 0 Å². The quantitative estimate of drug-likeness (QED) is 0.583. The predicted octanol–water partition coefficient (Wildman–Crippen LogP) is 4.63. The SMILES string of the molecule is Cc1ccc(C)c(CS(=O)(=O)c2cn(CC(=O)N3CCCCCC3)c3ccccc23)c1. The molecule has 0 unspecified atom stereocenters. The number of fused-ring (bicyclic) bond motifs is 1. The number of carbonyl (C=O) groups is 1. The normalized spacial score (nSPS) is 15.2. The van der Waals surface area contributed by atoms with Crippen molar-refractivity contribution in [3.05, 3.63) is 65.4 Å². The number of para-hydroxylation sites is 1. The van der Waals surface area contributed by atoms with Crippen LogP contribution in [-0.2, 0) is 26.9 Å². The van der Waals surface area contributed by atoms with Crippen molar-refractivity contribution in [1.82, 2.24) is 9.47 Å². The lowest BCUT2D eigenvalue weighted by Crippen LogP contribution is -2.34. The van der Waals surface area contributed by atoms with E-state index in [1.165, 1.54) is 0 Å². The molecule has 1 fully saturated rings. The first-order chi connectivity index (χ1) is 14.8. The van der Waals surface area contributed by atoms with Gasteiger partial charge in [-0.25, -0.2) is 8.42 Å². The van der Waals surface area contributed by atoms with Gasteiger partial charge in [0, 0.05) is 30.2 Å². The maximum Gasteiger partial charge on any atom is 0.242 e. The minimum absolute atomic E-state index is 0.0470. The average Bonchev–Trinajstić information content (AvgIpc) is 2.91. The number of hydrogen-bond donors (Lipinski definition) is 0. The number of hydrogen-bond acceptors (Lipinski definition) is 3. The molecule has 1 aromatic heterocycles. The zero-order valence-corrected chi connectivity index (χ0v) is 19.1. The van der Waals surface area contributed by atoms with Gasteiger partial charge in [0.2, 0.25) is 5.91 Å². The smallest absolute Gasteiger partial charge is 0.242 e. The molecule has 1 aliphatic rings. The Morgan fingerprint density at radius 2 is 1.68 bits per heavy atom. The Bertz CT molecular complexity index is 1200. The summed E-state index contributed by atoms with van der Waals surface area (Å²) in [7, 11) is -3.57. The van der Waals surface area contributed by atoms with Crippen LogP contribution in [0.2, 0.25) is 0 Å². The van der Waals surface area contributed by atoms with Crippen LogP contribution < -0.4 is 0 Å². The molecule has 6 heteroatoms. The van der Waals surface area contributed by atoms with Gasteiger partial charge >= 0.3 is 0 Å². The molecule has 164 valence electrons. The monoisotopic (exact) mass is 438 g/mol. The maximum atomic E-state index is 13.4. The van der Waals surface area contributed by atoms with Crippen LogP contribution in [0, 0.1) is 13.8 Å². The summed E-state index contributed by atoms with van der Waals surface area (Å²) >= 11 is 0. The van der Waals surface area contributed by atoms with Gasteiger partial charge < -0.3 is 9.47 Å². The molecule has 0 spiro atoms. The van der Waals surface area contributed by atoms with Crippen molar-refractivity contribution in [3.63, 3.8) is 0 Å². The average molecular weight is 439 g/mol. The number of amides is 1. The molecule has 0 saturated carbocycles. The van der Waals surface area contributed by atoms with Crippen LogP contribution in [0.5, 0.6) is 0 Å². The number of aromatic nitrogens is 1. The largest absolute Gasteiger partial charge is 0.341 e. The molecule has 0 N–H and O–H groups in total. The Kier molecular flexibility index (Phi) is 6.19. The number of rotatable bonds is 5. The molecule has 1 aliphatic heterocycles. The first kappa shape index (κ1) is 21.6. The first-order valence-corrected chi connectivity index (χ1v) is 12.6. The van der Waals surface area contributed by atoms with Crippen LogP contribution in [0.25, 0.3) is 10.9 Å². The molecule has 1 amide bonds. The van der Waals surface area contributed by atoms with Gasteiger partial charge in [-0.05, 0) is 43.9 Å². The Hall–Kier alpha value is -2.60. The third kappa shape index (κ3) is 4.69. The van der Waals surface area contributed by atoms with Crippen LogP contribution in [0.1, 0.15) is 42.4 Å². The number of aryl methyl sites for hydroxylation is 2. The molecule has 0 aliphatic carbocycles. The van der Waals surface area contributed by atoms with Crippen LogP contribution in [-0.4, -0.2) is 36.9 Å². The van der Waals surface area contributed by atoms with Gasteiger partial charge in [0.05, 0.1) is 10.6 Å². The van der Waals surface area contributed by atoms with E-state index in [9.17, 15) is 13.2 Å². The Morgan fingerprint density at radius 1 is 0.968 bits per heavy atom. The minimum atomic E-state index is -3.57. The summed E-state index contributed by atoms with van der Waals surface area (Å²) in [4.78, 5) is 15.2. The van der Waals surface area contributed by atoms with Gasteiger partial charge in [0.1, 0.15) is 6.54 Å². The van der Waals surface area contributed by atoms with Crippen molar-refractivity contribution >= 4 is 26.6 Å². The lowest BCUT2D eigenvalue weighted by molar-refractivity contribution is -0.131. The fourth-order valence-corrected chi connectivity index (χ4v) is 6.07. The highest BCUT2D eigenvalue weighted by atomic mass is 32.2. The van der Waals surface area contributed by atoms with Gasteiger partial charge in [-0.15, -0.1) is 0 Å². The third-order valence-corrected chi connectivity index (χ3v) is 7.89. The summed E-state index contributed by atoms with van der Waals surface area (Å²) in [5.41, 5.74) is 3.61. The van der Waals surface area contributed by atoms with E-state index in [4.69, 9.17) is 0 Å². The predicted molar refractivity (Wildman–Crippen MR) is 124 cm³/mol. The van der Waals surface area contributed by atoms with Crippen molar-refractivity contribution in [3.8, 4) is 0 Å². The van der Waals surface area contributed by atoms with Crippen LogP contribution in [0.15, 0.2) is 53.6 Å². The summed E-state index contributed by atoms with van der Waals surface area (Å²) in [5, 5.41) is 0.677. The highest BCUT2D eigenvalue weighted by Crippen LogP contribution is 2.29. The molecule has 3 aromatic rings. The second-order valence-corrected chi connectivity index (χ2v) is 10.6. The Labute approximate surface area is 184 Å². The molecule has 0 bridgehead atoms. The molecular formula is C25H30N2O3S. The highest BCUT2D eigenvalue weighted by molar-refractivity contribution is 7.90. The number of likely N-dealkylation sites (tertiary alicyclic amines) is 1. The van der Waals surface area contributed by atoms with Crippen molar-refractivity contribution in [2.75, 3.05) is 13.1 Å². The zero-order chi connectivity index (χ0) is 22.0. The van der Waals surface area contributed by atoms with Crippen molar-refractivity contribution in [2.45, 2.75) is 56.7 Å². The van der Waals surface area contributed by atoms with E-state index in [0.29, 0.717) is 10.3 Å². The summed E-state index contributed by atoms with van der Waals surface area (Å²) in [5.74, 6) is 0.00957. The lowest BCUT2D eigenvalue weighted by Gasteiger charge is -2.20. The summed E-state index contributed by atoms with van der Waals surface area (Å²) in [6.07, 6.45) is 6.05. The molecule has 0 radical (unpaired) electrons. The fourth-order valence-electron chi connectivity index (χ4n) is 4.40. The standard InChI is InChI=1S/C25H30N2O3S/c1-19-11-12-20(2)21(15-19)18-31(29,30)24-16-27(23-10-6-5-9-22(23)24)17-25(28)26-13-7-3-4-8-14-26/h5-6,9-12,15-16H,3-4,7-8,13-14,17-18H2,1-2H3. The van der Waals surface area contributed by atoms with Gasteiger partial charge in [0.15, 0.2) is 9.84 Å². The molecule has 0 atom stereocenters. The minimum Gasteiger partial charge on any atom is -0.341 e. The Morgan fingerprint density at radius 3 is 2.42 bits per heavy atom. The van der Waals surface area contributed by atoms with E-state index in [-0.39, 0.29) is 18.2 Å². The van der Waals surface area contributed by atoms with Crippen LogP contribution in [0.3, 0.4) is 0 Å². The maximum absolute atomic E-state index is 13.4. The van der Waals surface area contributed by atoms with Gasteiger partial charge in [-0.1, -0.05) is 54.8 Å². The number of benzene rings is 2. The van der Waals surface area contributed by atoms with E-state index in [2.05, 4.69) is 0 Å². The van der Waals surface area contributed by atoms with Crippen LogP contribution >= 0.6 is 0 Å². The highest BCUT2D eigenvalue weighted by Gasteiger charge is 2.24. The molecule has 2 aromatic carbocycles. The summed E-state index contributed by atoms with van der Waals surface area (Å²) in [6, 6.07) is 13.3. The van der Waals surface area contributed by atoms with E-state index in [1.54, 1.807) is 10.8 Å². The lowest BCUT2D eigenvalue weighted by atomic mass is 10.1. The van der Waals surface area contributed by atoms with E-state index >= 15 is 0 Å². The third-order valence-electron chi connectivity index (χ3n) is 6.20. The molecule has 5 nitrogen and oxygen atoms in total.